The Labute approximate surface area is 170 Å². The van der Waals surface area contributed by atoms with Gasteiger partial charge in [0.15, 0.2) is 0 Å². The molecule has 0 atom stereocenters. The number of hydrogen-bond donors (Lipinski definition) is 3. The molecular weight excluding hydrogens is 370 g/mol. The van der Waals surface area contributed by atoms with Crippen LogP contribution in [0.25, 0.3) is 0 Å². The summed E-state index contributed by atoms with van der Waals surface area (Å²) < 4.78 is 5.08. The van der Waals surface area contributed by atoms with Crippen LogP contribution in [0.4, 0.5) is 16.2 Å². The van der Waals surface area contributed by atoms with Gasteiger partial charge in [0.1, 0.15) is 12.1 Å². The summed E-state index contributed by atoms with van der Waals surface area (Å²) in [5, 5.41) is 7.90. The van der Waals surface area contributed by atoms with E-state index in [1.54, 1.807) is 45.0 Å². The Morgan fingerprint density at radius 3 is 2.14 bits per heavy atom. The lowest BCUT2D eigenvalue weighted by Crippen LogP contribution is -2.37. The smallest absolute Gasteiger partial charge is 0.408 e. The largest absolute Gasteiger partial charge is 0.444 e. The molecule has 0 spiro atoms. The minimum absolute atomic E-state index is 0.144. The first-order valence-corrected chi connectivity index (χ1v) is 9.33. The van der Waals surface area contributed by atoms with Gasteiger partial charge in [0.05, 0.1) is 6.42 Å². The molecule has 0 unspecified atom stereocenters. The van der Waals surface area contributed by atoms with E-state index in [-0.39, 0.29) is 18.9 Å². The van der Waals surface area contributed by atoms with E-state index in [1.165, 1.54) is 0 Å². The summed E-state index contributed by atoms with van der Waals surface area (Å²) in [5.74, 6) is -0.548. The van der Waals surface area contributed by atoms with E-state index in [1.807, 2.05) is 31.2 Å². The number of nitrogens with one attached hydrogen (secondary N) is 3. The summed E-state index contributed by atoms with van der Waals surface area (Å²) in [6, 6.07) is 14.5. The number of aryl methyl sites for hydroxylation is 1. The second-order valence-electron chi connectivity index (χ2n) is 7.64. The third-order valence-corrected chi connectivity index (χ3v) is 3.83. The van der Waals surface area contributed by atoms with Crippen molar-refractivity contribution in [3.8, 4) is 0 Å². The fourth-order valence-electron chi connectivity index (χ4n) is 2.53. The molecule has 0 bridgehead atoms. The number of amides is 3. The topological polar surface area (TPSA) is 96.5 Å². The standard InChI is InChI=1S/C22H27N3O4/c1-15-8-5-6-9-16(15)12-19(26)24-17-10-7-11-18(13-17)25-20(27)14-23-21(28)29-22(2,3)4/h5-11,13H,12,14H2,1-4H3,(H,23,28)(H,24,26)(H,25,27). The summed E-state index contributed by atoms with van der Waals surface area (Å²) in [6.45, 7) is 6.96. The van der Waals surface area contributed by atoms with Crippen molar-refractivity contribution < 1.29 is 19.1 Å². The Hall–Kier alpha value is -3.35. The first-order chi connectivity index (χ1) is 13.6. The quantitative estimate of drug-likeness (QED) is 0.693. The molecule has 2 aromatic rings. The van der Waals surface area contributed by atoms with Gasteiger partial charge in [-0.1, -0.05) is 30.3 Å². The van der Waals surface area contributed by atoms with Crippen molar-refractivity contribution in [2.24, 2.45) is 0 Å². The predicted octanol–water partition coefficient (Wildman–Crippen LogP) is 3.64. The van der Waals surface area contributed by atoms with Gasteiger partial charge in [-0.3, -0.25) is 9.59 Å². The molecule has 0 aromatic heterocycles. The minimum Gasteiger partial charge on any atom is -0.444 e. The van der Waals surface area contributed by atoms with Gasteiger partial charge in [0.25, 0.3) is 0 Å². The highest BCUT2D eigenvalue weighted by molar-refractivity contribution is 5.96. The molecular formula is C22H27N3O4. The average molecular weight is 397 g/mol. The number of benzene rings is 2. The molecule has 7 nitrogen and oxygen atoms in total. The minimum atomic E-state index is -0.662. The van der Waals surface area contributed by atoms with Crippen LogP contribution in [-0.4, -0.2) is 30.1 Å². The lowest BCUT2D eigenvalue weighted by molar-refractivity contribution is -0.116. The van der Waals surface area contributed by atoms with Crippen LogP contribution in [-0.2, 0) is 20.7 Å². The number of anilines is 2. The van der Waals surface area contributed by atoms with Gasteiger partial charge in [-0.05, 0) is 57.0 Å². The molecule has 3 amide bonds. The highest BCUT2D eigenvalue weighted by Crippen LogP contribution is 2.16. The van der Waals surface area contributed by atoms with Crippen molar-refractivity contribution in [1.29, 1.82) is 0 Å². The fourth-order valence-corrected chi connectivity index (χ4v) is 2.53. The van der Waals surface area contributed by atoms with Crippen LogP contribution < -0.4 is 16.0 Å². The van der Waals surface area contributed by atoms with Crippen LogP contribution in [0.5, 0.6) is 0 Å². The third-order valence-electron chi connectivity index (χ3n) is 3.83. The lowest BCUT2D eigenvalue weighted by atomic mass is 10.1. The maximum atomic E-state index is 12.3. The van der Waals surface area contributed by atoms with Crippen molar-refractivity contribution in [3.05, 3.63) is 59.7 Å². The van der Waals surface area contributed by atoms with Crippen LogP contribution in [0.1, 0.15) is 31.9 Å². The Balaban J connectivity index is 1.87. The van der Waals surface area contributed by atoms with Crippen LogP contribution in [0, 0.1) is 6.92 Å². The maximum Gasteiger partial charge on any atom is 0.408 e. The van der Waals surface area contributed by atoms with E-state index < -0.39 is 17.6 Å². The zero-order chi connectivity index (χ0) is 21.4. The number of rotatable bonds is 6. The molecule has 0 saturated carbocycles. The number of carbonyl (C=O) groups is 3. The molecule has 3 N–H and O–H groups in total. The molecule has 29 heavy (non-hydrogen) atoms. The van der Waals surface area contributed by atoms with Gasteiger partial charge in [0.2, 0.25) is 11.8 Å². The monoisotopic (exact) mass is 397 g/mol. The first kappa shape index (κ1) is 21.9. The van der Waals surface area contributed by atoms with Gasteiger partial charge in [0, 0.05) is 11.4 Å². The Kier molecular flexibility index (Phi) is 7.36. The van der Waals surface area contributed by atoms with Crippen molar-refractivity contribution >= 4 is 29.3 Å². The van der Waals surface area contributed by atoms with Gasteiger partial charge in [-0.15, -0.1) is 0 Å². The number of carbonyl (C=O) groups excluding carboxylic acids is 3. The van der Waals surface area contributed by atoms with Crippen molar-refractivity contribution in [2.75, 3.05) is 17.2 Å². The number of alkyl carbamates (subject to hydrolysis) is 1. The Morgan fingerprint density at radius 2 is 1.52 bits per heavy atom. The summed E-state index contributed by atoms with van der Waals surface area (Å²) in [5.41, 5.74) is 2.46. The molecule has 2 aromatic carbocycles. The normalized spacial score (nSPS) is 10.8. The van der Waals surface area contributed by atoms with E-state index in [4.69, 9.17) is 4.74 Å². The second-order valence-corrected chi connectivity index (χ2v) is 7.64. The van der Waals surface area contributed by atoms with E-state index in [0.29, 0.717) is 11.4 Å². The summed E-state index contributed by atoms with van der Waals surface area (Å²) in [7, 11) is 0. The Bertz CT molecular complexity index is 888. The highest BCUT2D eigenvalue weighted by Gasteiger charge is 2.16. The van der Waals surface area contributed by atoms with Crippen molar-refractivity contribution in [3.63, 3.8) is 0 Å². The fraction of sp³-hybridized carbons (Fsp3) is 0.318. The SMILES string of the molecule is Cc1ccccc1CC(=O)Nc1cccc(NC(=O)CNC(=O)OC(C)(C)C)c1. The summed E-state index contributed by atoms with van der Waals surface area (Å²) in [4.78, 5) is 35.9. The second kappa shape index (κ2) is 9.73. The van der Waals surface area contributed by atoms with Crippen molar-refractivity contribution in [2.45, 2.75) is 39.7 Å². The average Bonchev–Trinajstić information content (AvgIpc) is 2.61. The maximum absolute atomic E-state index is 12.3. The molecule has 0 fully saturated rings. The molecule has 2 rings (SSSR count). The van der Waals surface area contributed by atoms with Gasteiger partial charge < -0.3 is 20.7 Å². The molecule has 0 saturated heterocycles. The molecule has 0 aliphatic rings. The van der Waals surface area contributed by atoms with Crippen LogP contribution in [0.2, 0.25) is 0 Å². The zero-order valence-electron chi connectivity index (χ0n) is 17.2. The van der Waals surface area contributed by atoms with Crippen LogP contribution >= 0.6 is 0 Å². The third kappa shape index (κ3) is 8.04. The highest BCUT2D eigenvalue weighted by atomic mass is 16.6. The van der Waals surface area contributed by atoms with Crippen molar-refractivity contribution in [1.82, 2.24) is 5.32 Å². The Morgan fingerprint density at radius 1 is 0.897 bits per heavy atom. The summed E-state index contributed by atoms with van der Waals surface area (Å²) >= 11 is 0. The number of hydrogen-bond acceptors (Lipinski definition) is 4. The molecule has 0 radical (unpaired) electrons. The summed E-state index contributed by atoms with van der Waals surface area (Å²) in [6.07, 6.45) is -0.395. The molecule has 0 heterocycles. The van der Waals surface area contributed by atoms with E-state index in [2.05, 4.69) is 16.0 Å². The van der Waals surface area contributed by atoms with E-state index in [9.17, 15) is 14.4 Å². The molecule has 7 heteroatoms. The van der Waals surface area contributed by atoms with Gasteiger partial charge in [-0.2, -0.15) is 0 Å². The predicted molar refractivity (Wildman–Crippen MR) is 113 cm³/mol. The van der Waals surface area contributed by atoms with Crippen LogP contribution in [0.3, 0.4) is 0 Å². The van der Waals surface area contributed by atoms with Gasteiger partial charge >= 0.3 is 6.09 Å². The van der Waals surface area contributed by atoms with E-state index in [0.717, 1.165) is 11.1 Å². The first-order valence-electron chi connectivity index (χ1n) is 9.33. The van der Waals surface area contributed by atoms with Gasteiger partial charge in [-0.25, -0.2) is 4.79 Å². The lowest BCUT2D eigenvalue weighted by Gasteiger charge is -2.19. The molecule has 0 aliphatic heterocycles. The zero-order valence-corrected chi connectivity index (χ0v) is 17.2. The number of ether oxygens (including phenoxy) is 1. The van der Waals surface area contributed by atoms with Crippen LogP contribution in [0.15, 0.2) is 48.5 Å². The van der Waals surface area contributed by atoms with E-state index >= 15 is 0 Å². The molecule has 0 aliphatic carbocycles. The molecule has 154 valence electrons.